The first-order chi connectivity index (χ1) is 7.11. The Labute approximate surface area is 92.0 Å². The lowest BCUT2D eigenvalue weighted by molar-refractivity contribution is -0.132. The van der Waals surface area contributed by atoms with Gasteiger partial charge >= 0.3 is 0 Å². The van der Waals surface area contributed by atoms with E-state index >= 15 is 0 Å². The number of nitrogens with one attached hydrogen (secondary N) is 1. The van der Waals surface area contributed by atoms with Crippen LogP contribution in [0.4, 0.5) is 0 Å². The first kappa shape index (κ1) is 12.5. The van der Waals surface area contributed by atoms with Gasteiger partial charge in [-0.15, -0.1) is 0 Å². The van der Waals surface area contributed by atoms with Crippen molar-refractivity contribution < 1.29 is 9.53 Å². The van der Waals surface area contributed by atoms with Crippen molar-refractivity contribution >= 4 is 5.91 Å². The topological polar surface area (TPSA) is 41.6 Å². The number of piperidine rings is 1. The Kier molecular flexibility index (Phi) is 4.54. The van der Waals surface area contributed by atoms with Crippen molar-refractivity contribution in [3.63, 3.8) is 0 Å². The zero-order valence-electron chi connectivity index (χ0n) is 10.0. The Morgan fingerprint density at radius 1 is 1.47 bits per heavy atom. The first-order valence-electron chi connectivity index (χ1n) is 5.52. The van der Waals surface area contributed by atoms with Gasteiger partial charge in [-0.2, -0.15) is 0 Å². The molecule has 0 atom stereocenters. The number of carbonyl (C=O) groups excluding carboxylic acids is 1. The van der Waals surface area contributed by atoms with Gasteiger partial charge < -0.3 is 15.0 Å². The lowest BCUT2D eigenvalue weighted by Gasteiger charge is -2.38. The Balaban J connectivity index is 2.38. The summed E-state index contributed by atoms with van der Waals surface area (Å²) in [6.07, 6.45) is 2.08. The van der Waals surface area contributed by atoms with Gasteiger partial charge in [-0.1, -0.05) is 6.92 Å². The average Bonchev–Trinajstić information content (AvgIpc) is 2.19. The zero-order chi connectivity index (χ0) is 11.3. The van der Waals surface area contributed by atoms with Crippen LogP contribution >= 0.6 is 0 Å². The maximum atomic E-state index is 11.6. The van der Waals surface area contributed by atoms with Gasteiger partial charge in [-0.25, -0.2) is 0 Å². The number of hydrogen-bond donors (Lipinski definition) is 1. The molecule has 1 amide bonds. The van der Waals surface area contributed by atoms with E-state index in [0.29, 0.717) is 6.54 Å². The number of likely N-dealkylation sites (N-methyl/N-ethyl adjacent to an activating group) is 1. The number of ether oxygens (including phenoxy) is 1. The summed E-state index contributed by atoms with van der Waals surface area (Å²) >= 11 is 0. The molecule has 0 unspecified atom stereocenters. The Morgan fingerprint density at radius 3 is 2.53 bits per heavy atom. The van der Waals surface area contributed by atoms with Gasteiger partial charge in [-0.3, -0.25) is 4.79 Å². The minimum atomic E-state index is 0.206. The van der Waals surface area contributed by atoms with Crippen LogP contribution in [0.15, 0.2) is 0 Å². The number of hydrogen-bond acceptors (Lipinski definition) is 3. The van der Waals surface area contributed by atoms with Crippen LogP contribution in [0.25, 0.3) is 0 Å². The summed E-state index contributed by atoms with van der Waals surface area (Å²) in [4.78, 5) is 13.5. The van der Waals surface area contributed by atoms with Gasteiger partial charge in [0.05, 0.1) is 13.2 Å². The van der Waals surface area contributed by atoms with Crippen molar-refractivity contribution in [3.05, 3.63) is 0 Å². The van der Waals surface area contributed by atoms with Gasteiger partial charge in [0.2, 0.25) is 5.91 Å². The van der Waals surface area contributed by atoms with E-state index in [-0.39, 0.29) is 11.3 Å². The quantitative estimate of drug-likeness (QED) is 0.740. The summed E-state index contributed by atoms with van der Waals surface area (Å²) in [6, 6.07) is 0. The molecular formula is C11H22N2O2. The van der Waals surface area contributed by atoms with E-state index in [4.69, 9.17) is 4.74 Å². The van der Waals surface area contributed by atoms with E-state index in [2.05, 4.69) is 12.2 Å². The third-order valence-corrected chi connectivity index (χ3v) is 3.14. The molecule has 0 aromatic heterocycles. The van der Waals surface area contributed by atoms with Crippen LogP contribution in [-0.2, 0) is 9.53 Å². The smallest absolute Gasteiger partial charge is 0.236 e. The molecule has 0 aliphatic carbocycles. The maximum absolute atomic E-state index is 11.6. The predicted octanol–water partition coefficient (Wildman–Crippen LogP) is 0.481. The highest BCUT2D eigenvalue weighted by molar-refractivity contribution is 5.78. The van der Waals surface area contributed by atoms with Crippen LogP contribution in [0.2, 0.25) is 0 Å². The molecule has 1 heterocycles. The molecule has 15 heavy (non-hydrogen) atoms. The molecule has 0 aromatic rings. The third kappa shape index (κ3) is 3.47. The van der Waals surface area contributed by atoms with E-state index in [1.807, 2.05) is 4.90 Å². The third-order valence-electron chi connectivity index (χ3n) is 3.14. The lowest BCUT2D eigenvalue weighted by atomic mass is 9.81. The number of amides is 1. The highest BCUT2D eigenvalue weighted by atomic mass is 16.5. The molecule has 1 N–H and O–H groups in total. The normalized spacial score (nSPS) is 20.3. The monoisotopic (exact) mass is 214 g/mol. The van der Waals surface area contributed by atoms with Gasteiger partial charge in [-0.05, 0) is 25.3 Å². The molecule has 1 rings (SSSR count). The summed E-state index contributed by atoms with van der Waals surface area (Å²) in [7, 11) is 3.54. The van der Waals surface area contributed by atoms with E-state index < -0.39 is 0 Å². The first-order valence-corrected chi connectivity index (χ1v) is 5.52. The molecule has 1 fully saturated rings. The Hall–Kier alpha value is -0.610. The zero-order valence-corrected chi connectivity index (χ0v) is 10.0. The average molecular weight is 214 g/mol. The number of carbonyl (C=O) groups is 1. The van der Waals surface area contributed by atoms with Crippen LogP contribution in [-0.4, -0.2) is 51.2 Å². The second kappa shape index (κ2) is 5.47. The molecule has 0 saturated carbocycles. The molecule has 88 valence electrons. The SMILES string of the molecule is CNCC(=O)N1CCC(C)(COC)CC1. The highest BCUT2D eigenvalue weighted by Gasteiger charge is 2.31. The molecule has 0 bridgehead atoms. The molecule has 0 radical (unpaired) electrons. The van der Waals surface area contributed by atoms with Crippen LogP contribution < -0.4 is 5.32 Å². The predicted molar refractivity (Wildman–Crippen MR) is 59.7 cm³/mol. The van der Waals surface area contributed by atoms with Crippen LogP contribution in [0.5, 0.6) is 0 Å². The second-order valence-electron chi connectivity index (χ2n) is 4.65. The van der Waals surface area contributed by atoms with Crippen molar-refractivity contribution in [2.45, 2.75) is 19.8 Å². The van der Waals surface area contributed by atoms with Crippen LogP contribution in [0.3, 0.4) is 0 Å². The molecule has 4 heteroatoms. The molecular weight excluding hydrogens is 192 g/mol. The largest absolute Gasteiger partial charge is 0.384 e. The van der Waals surface area contributed by atoms with Gasteiger partial charge in [0, 0.05) is 20.2 Å². The number of methoxy groups -OCH3 is 1. The van der Waals surface area contributed by atoms with Crippen molar-refractivity contribution in [1.82, 2.24) is 10.2 Å². The summed E-state index contributed by atoms with van der Waals surface area (Å²) in [5, 5.41) is 2.89. The summed E-state index contributed by atoms with van der Waals surface area (Å²) in [5.41, 5.74) is 0.255. The van der Waals surface area contributed by atoms with Crippen molar-refractivity contribution in [2.75, 3.05) is 40.4 Å². The molecule has 0 spiro atoms. The molecule has 1 aliphatic rings. The summed E-state index contributed by atoms with van der Waals surface area (Å²) in [5.74, 6) is 0.206. The Morgan fingerprint density at radius 2 is 2.07 bits per heavy atom. The van der Waals surface area contributed by atoms with Crippen LogP contribution in [0, 0.1) is 5.41 Å². The van der Waals surface area contributed by atoms with E-state index in [9.17, 15) is 4.79 Å². The van der Waals surface area contributed by atoms with Gasteiger partial charge in [0.15, 0.2) is 0 Å². The number of likely N-dealkylation sites (tertiary alicyclic amines) is 1. The standard InChI is InChI=1S/C11H22N2O2/c1-11(9-15-3)4-6-13(7-5-11)10(14)8-12-2/h12H,4-9H2,1-3H3. The molecule has 1 saturated heterocycles. The maximum Gasteiger partial charge on any atom is 0.236 e. The molecule has 0 aromatic carbocycles. The van der Waals surface area contributed by atoms with E-state index in [1.165, 1.54) is 0 Å². The fourth-order valence-corrected chi connectivity index (χ4v) is 2.05. The van der Waals surface area contributed by atoms with E-state index in [1.54, 1.807) is 14.2 Å². The highest BCUT2D eigenvalue weighted by Crippen LogP contribution is 2.30. The molecule has 4 nitrogen and oxygen atoms in total. The van der Waals surface area contributed by atoms with Crippen molar-refractivity contribution in [3.8, 4) is 0 Å². The number of rotatable bonds is 4. The minimum Gasteiger partial charge on any atom is -0.384 e. The Bertz CT molecular complexity index is 211. The lowest BCUT2D eigenvalue weighted by Crippen LogP contribution is -2.46. The van der Waals surface area contributed by atoms with Gasteiger partial charge in [0.1, 0.15) is 0 Å². The summed E-state index contributed by atoms with van der Waals surface area (Å²) < 4.78 is 5.21. The van der Waals surface area contributed by atoms with Crippen molar-refractivity contribution in [1.29, 1.82) is 0 Å². The van der Waals surface area contributed by atoms with Gasteiger partial charge in [0.25, 0.3) is 0 Å². The second-order valence-corrected chi connectivity index (χ2v) is 4.65. The minimum absolute atomic E-state index is 0.206. The molecule has 1 aliphatic heterocycles. The fourth-order valence-electron chi connectivity index (χ4n) is 2.05. The van der Waals surface area contributed by atoms with Crippen molar-refractivity contribution in [2.24, 2.45) is 5.41 Å². The summed E-state index contributed by atoms with van der Waals surface area (Å²) in [6.45, 7) is 5.19. The van der Waals surface area contributed by atoms with Crippen LogP contribution in [0.1, 0.15) is 19.8 Å². The number of nitrogens with zero attached hydrogens (tertiary/aromatic N) is 1. The fraction of sp³-hybridized carbons (Fsp3) is 0.909. The van der Waals surface area contributed by atoms with E-state index in [0.717, 1.165) is 32.5 Å².